The highest BCUT2D eigenvalue weighted by Gasteiger charge is 2.08. The van der Waals surface area contributed by atoms with Crippen molar-refractivity contribution in [3.8, 4) is 0 Å². The molecular weight excluding hydrogens is 177 g/mol. The number of aryl methyl sites for hydroxylation is 1. The second kappa shape index (κ2) is 4.72. The molecule has 0 aliphatic rings. The monoisotopic (exact) mass is 195 g/mol. The third kappa shape index (κ3) is 5.00. The van der Waals surface area contributed by atoms with Gasteiger partial charge >= 0.3 is 0 Å². The van der Waals surface area contributed by atoms with E-state index in [1.165, 1.54) is 11.9 Å². The lowest BCUT2D eigenvalue weighted by molar-refractivity contribution is 0.790. The van der Waals surface area contributed by atoms with Crippen molar-refractivity contribution in [1.29, 1.82) is 0 Å². The quantitative estimate of drug-likeness (QED) is 0.675. The van der Waals surface area contributed by atoms with Crippen molar-refractivity contribution in [1.82, 2.24) is 4.98 Å². The predicted molar refractivity (Wildman–Crippen MR) is 60.9 cm³/mol. The highest BCUT2D eigenvalue weighted by Crippen LogP contribution is 2.30. The summed E-state index contributed by atoms with van der Waals surface area (Å²) >= 11 is 0. The Kier molecular flexibility index (Phi) is 3.87. The zero-order chi connectivity index (χ0) is 9.73. The van der Waals surface area contributed by atoms with Gasteiger partial charge in [0, 0.05) is 11.9 Å². The van der Waals surface area contributed by atoms with Crippen molar-refractivity contribution in [2.75, 3.05) is 6.16 Å². The Labute approximate surface area is 82.8 Å². The third-order valence-corrected chi connectivity index (χ3v) is 3.32. The van der Waals surface area contributed by atoms with Crippen molar-refractivity contribution in [2.24, 2.45) is 0 Å². The van der Waals surface area contributed by atoms with Gasteiger partial charge in [-0.2, -0.15) is 0 Å². The normalized spacial score (nSPS) is 12.5. The predicted octanol–water partition coefficient (Wildman–Crippen LogP) is 3.10. The van der Waals surface area contributed by atoms with Crippen LogP contribution < -0.4 is 0 Å². The molecule has 1 aromatic heterocycles. The number of hydrogen-bond donors (Lipinski definition) is 0. The number of pyridine rings is 1. The van der Waals surface area contributed by atoms with Crippen LogP contribution in [0.25, 0.3) is 0 Å². The summed E-state index contributed by atoms with van der Waals surface area (Å²) in [6.45, 7) is 6.89. The maximum Gasteiger partial charge on any atom is 0.0407 e. The lowest BCUT2D eigenvalue weighted by atomic mass is 10.3. The summed E-state index contributed by atoms with van der Waals surface area (Å²) in [7, 11) is 1.03. The first-order valence-electron chi connectivity index (χ1n) is 4.73. The van der Waals surface area contributed by atoms with Crippen LogP contribution in [0, 0.1) is 0 Å². The molecule has 0 spiro atoms. The van der Waals surface area contributed by atoms with E-state index in [-0.39, 0.29) is 0 Å². The first kappa shape index (κ1) is 10.7. The molecule has 1 rings (SSSR count). The molecule has 1 unspecified atom stereocenters. The van der Waals surface area contributed by atoms with Gasteiger partial charge in [-0.1, -0.05) is 26.8 Å². The van der Waals surface area contributed by atoms with E-state index in [0.717, 1.165) is 15.0 Å². The number of hydrogen-bond acceptors (Lipinski definition) is 1. The highest BCUT2D eigenvalue weighted by molar-refractivity contribution is 7.39. The summed E-state index contributed by atoms with van der Waals surface area (Å²) in [6, 6.07) is 6.13. The molecule has 1 atom stereocenters. The summed E-state index contributed by atoms with van der Waals surface area (Å²) < 4.78 is 0. The van der Waals surface area contributed by atoms with E-state index in [4.69, 9.17) is 0 Å². The summed E-state index contributed by atoms with van der Waals surface area (Å²) in [5, 5.41) is 0.481. The summed E-state index contributed by atoms with van der Waals surface area (Å²) in [5.41, 5.74) is 1.22. The number of rotatable bonds is 3. The average molecular weight is 195 g/mol. The molecule has 0 aliphatic carbocycles. The van der Waals surface area contributed by atoms with Crippen LogP contribution in [-0.4, -0.2) is 16.3 Å². The van der Waals surface area contributed by atoms with Gasteiger partial charge in [0.1, 0.15) is 0 Å². The molecule has 0 fully saturated rings. The molecule has 0 radical (unpaired) electrons. The van der Waals surface area contributed by atoms with E-state index in [9.17, 15) is 0 Å². The van der Waals surface area contributed by atoms with Gasteiger partial charge in [-0.05, 0) is 29.9 Å². The number of nitrogens with zero attached hydrogens (tertiary/aromatic N) is 1. The van der Waals surface area contributed by atoms with E-state index in [0.29, 0.717) is 5.16 Å². The Morgan fingerprint density at radius 3 is 2.62 bits per heavy atom. The molecule has 1 nitrogen and oxygen atoms in total. The second-order valence-electron chi connectivity index (χ2n) is 4.25. The minimum atomic E-state index is 0.481. The van der Waals surface area contributed by atoms with Gasteiger partial charge in [-0.15, -0.1) is 8.58 Å². The maximum absolute atomic E-state index is 4.30. The van der Waals surface area contributed by atoms with Gasteiger partial charge < -0.3 is 0 Å². The maximum atomic E-state index is 4.30. The van der Waals surface area contributed by atoms with Gasteiger partial charge in [0.15, 0.2) is 0 Å². The summed E-state index contributed by atoms with van der Waals surface area (Å²) in [4.78, 5) is 4.30. The first-order chi connectivity index (χ1) is 6.08. The topological polar surface area (TPSA) is 12.9 Å². The fourth-order valence-electron chi connectivity index (χ4n) is 1.11. The molecule has 72 valence electrons. The van der Waals surface area contributed by atoms with Gasteiger partial charge in [-0.25, -0.2) is 0 Å². The Morgan fingerprint density at radius 2 is 2.08 bits per heavy atom. The Morgan fingerprint density at radius 1 is 1.31 bits per heavy atom. The first-order valence-corrected chi connectivity index (χ1v) is 5.93. The minimum absolute atomic E-state index is 0.481. The molecule has 1 aromatic rings. The minimum Gasteiger partial charge on any atom is -0.261 e. The van der Waals surface area contributed by atoms with Crippen LogP contribution in [0.15, 0.2) is 24.4 Å². The molecule has 0 N–H and O–H groups in total. The molecule has 0 saturated carbocycles. The lowest BCUT2D eigenvalue weighted by Gasteiger charge is -2.17. The van der Waals surface area contributed by atoms with Crippen LogP contribution in [0.5, 0.6) is 0 Å². The van der Waals surface area contributed by atoms with Crippen LogP contribution in [0.4, 0.5) is 0 Å². The number of aromatic nitrogens is 1. The van der Waals surface area contributed by atoms with E-state index in [1.54, 1.807) is 0 Å². The molecule has 0 aromatic carbocycles. The van der Waals surface area contributed by atoms with Gasteiger partial charge in [0.25, 0.3) is 0 Å². The SMILES string of the molecule is CC(C)(C)PCCc1ccccn1. The standard InChI is InChI=1S/C11H18NP/c1-11(2,3)13-9-7-10-6-4-5-8-12-10/h4-6,8,13H,7,9H2,1-3H3. The Bertz CT molecular complexity index is 238. The second-order valence-corrected chi connectivity index (χ2v) is 6.60. The van der Waals surface area contributed by atoms with Gasteiger partial charge in [-0.3, -0.25) is 4.98 Å². The van der Waals surface area contributed by atoms with Crippen molar-refractivity contribution < 1.29 is 0 Å². The highest BCUT2D eigenvalue weighted by atomic mass is 31.1. The molecular formula is C11H18NP. The fourth-order valence-corrected chi connectivity index (χ4v) is 2.24. The van der Waals surface area contributed by atoms with E-state index >= 15 is 0 Å². The zero-order valence-corrected chi connectivity index (χ0v) is 9.67. The Hall–Kier alpha value is -0.420. The molecule has 13 heavy (non-hydrogen) atoms. The lowest BCUT2D eigenvalue weighted by Crippen LogP contribution is -2.06. The van der Waals surface area contributed by atoms with Crippen molar-refractivity contribution in [3.63, 3.8) is 0 Å². The molecule has 0 amide bonds. The molecule has 2 heteroatoms. The van der Waals surface area contributed by atoms with Gasteiger partial charge in [0.2, 0.25) is 0 Å². The van der Waals surface area contributed by atoms with Crippen LogP contribution in [-0.2, 0) is 6.42 Å². The van der Waals surface area contributed by atoms with Crippen LogP contribution >= 0.6 is 8.58 Å². The van der Waals surface area contributed by atoms with Crippen LogP contribution in [0.2, 0.25) is 0 Å². The smallest absolute Gasteiger partial charge is 0.0407 e. The van der Waals surface area contributed by atoms with Crippen molar-refractivity contribution >= 4 is 8.58 Å². The third-order valence-electron chi connectivity index (χ3n) is 1.76. The molecule has 0 aliphatic heterocycles. The van der Waals surface area contributed by atoms with Crippen molar-refractivity contribution in [3.05, 3.63) is 30.1 Å². The van der Waals surface area contributed by atoms with Gasteiger partial charge in [0.05, 0.1) is 0 Å². The van der Waals surface area contributed by atoms with E-state index < -0.39 is 0 Å². The van der Waals surface area contributed by atoms with Crippen molar-refractivity contribution in [2.45, 2.75) is 32.3 Å². The molecule has 0 saturated heterocycles. The van der Waals surface area contributed by atoms with E-state index in [2.05, 4.69) is 37.9 Å². The molecule has 0 bridgehead atoms. The summed E-state index contributed by atoms with van der Waals surface area (Å²) in [5.74, 6) is 0. The Balaban J connectivity index is 2.29. The van der Waals surface area contributed by atoms with Crippen LogP contribution in [0.3, 0.4) is 0 Å². The largest absolute Gasteiger partial charge is 0.261 e. The average Bonchev–Trinajstić information content (AvgIpc) is 2.04. The summed E-state index contributed by atoms with van der Waals surface area (Å²) in [6.07, 6.45) is 4.26. The zero-order valence-electron chi connectivity index (χ0n) is 8.67. The fraction of sp³-hybridized carbons (Fsp3) is 0.545. The molecule has 1 heterocycles. The van der Waals surface area contributed by atoms with Crippen LogP contribution in [0.1, 0.15) is 26.5 Å². The van der Waals surface area contributed by atoms with E-state index in [1.807, 2.05) is 12.3 Å².